The number of nitrogens with zero attached hydrogens (tertiary/aromatic N) is 3. The molecule has 0 aliphatic heterocycles. The van der Waals surface area contributed by atoms with Crippen molar-refractivity contribution in [3.05, 3.63) is 55.7 Å². The molecule has 3 aromatic rings. The van der Waals surface area contributed by atoms with Gasteiger partial charge in [0.2, 0.25) is 4.77 Å². The van der Waals surface area contributed by atoms with Gasteiger partial charge in [0, 0.05) is 11.1 Å². The SMILES string of the molecule is Oc1c(Br)cc(/C=N\n2c(-c3ccccc3)n[nH]c2=S)c(Br)c1O. The molecule has 1 aromatic heterocycles. The second-order valence-corrected chi connectivity index (χ2v) is 6.77. The van der Waals surface area contributed by atoms with Crippen LogP contribution < -0.4 is 0 Å². The zero-order valence-corrected chi connectivity index (χ0v) is 15.9. The fourth-order valence-corrected chi connectivity index (χ4v) is 3.03. The number of halogens is 2. The minimum atomic E-state index is -0.273. The van der Waals surface area contributed by atoms with Crippen LogP contribution in [0.3, 0.4) is 0 Å². The van der Waals surface area contributed by atoms with Crippen molar-refractivity contribution in [2.24, 2.45) is 5.10 Å². The Morgan fingerprint density at radius 2 is 1.88 bits per heavy atom. The van der Waals surface area contributed by atoms with Gasteiger partial charge in [-0.1, -0.05) is 30.3 Å². The molecule has 0 bridgehead atoms. The van der Waals surface area contributed by atoms with Gasteiger partial charge in [0.1, 0.15) is 0 Å². The number of H-pyrrole nitrogens is 1. The van der Waals surface area contributed by atoms with E-state index in [1.165, 1.54) is 10.9 Å². The van der Waals surface area contributed by atoms with Gasteiger partial charge in [-0.15, -0.1) is 0 Å². The number of hydrogen-bond donors (Lipinski definition) is 3. The van der Waals surface area contributed by atoms with Crippen LogP contribution in [0.1, 0.15) is 5.56 Å². The lowest BCUT2D eigenvalue weighted by atomic mass is 10.2. The maximum absolute atomic E-state index is 9.88. The van der Waals surface area contributed by atoms with Crippen molar-refractivity contribution in [3.8, 4) is 22.9 Å². The third-order valence-electron chi connectivity index (χ3n) is 3.19. The topological polar surface area (TPSA) is 86.4 Å². The number of nitrogens with one attached hydrogen (secondary N) is 1. The zero-order chi connectivity index (χ0) is 17.3. The molecule has 2 aromatic carbocycles. The van der Waals surface area contributed by atoms with Crippen molar-refractivity contribution < 1.29 is 10.2 Å². The van der Waals surface area contributed by atoms with Crippen LogP contribution in [0.4, 0.5) is 0 Å². The van der Waals surface area contributed by atoms with E-state index < -0.39 is 0 Å². The lowest BCUT2D eigenvalue weighted by Crippen LogP contribution is -1.95. The van der Waals surface area contributed by atoms with Crippen LogP contribution in [0.15, 0.2) is 50.4 Å². The summed E-state index contributed by atoms with van der Waals surface area (Å²) in [7, 11) is 0. The molecule has 0 aliphatic rings. The van der Waals surface area contributed by atoms with E-state index in [9.17, 15) is 10.2 Å². The number of aromatic nitrogens is 3. The van der Waals surface area contributed by atoms with Crippen LogP contribution in [0, 0.1) is 4.77 Å². The number of aromatic amines is 1. The Bertz CT molecular complexity index is 983. The minimum absolute atomic E-state index is 0.246. The first-order valence-corrected chi connectivity index (χ1v) is 8.65. The van der Waals surface area contributed by atoms with Gasteiger partial charge in [0.05, 0.1) is 15.2 Å². The van der Waals surface area contributed by atoms with Crippen molar-refractivity contribution in [1.29, 1.82) is 0 Å². The van der Waals surface area contributed by atoms with Crippen molar-refractivity contribution in [2.45, 2.75) is 0 Å². The van der Waals surface area contributed by atoms with Crippen LogP contribution in [0.5, 0.6) is 11.5 Å². The van der Waals surface area contributed by atoms with E-state index in [1.807, 2.05) is 30.3 Å². The average Bonchev–Trinajstić information content (AvgIpc) is 2.96. The molecular formula is C15H10Br2N4O2S. The van der Waals surface area contributed by atoms with E-state index in [4.69, 9.17) is 12.2 Å². The van der Waals surface area contributed by atoms with E-state index in [0.29, 0.717) is 25.1 Å². The maximum atomic E-state index is 9.88. The van der Waals surface area contributed by atoms with Crippen molar-refractivity contribution in [2.75, 3.05) is 0 Å². The van der Waals surface area contributed by atoms with E-state index in [0.717, 1.165) is 5.56 Å². The molecule has 6 nitrogen and oxygen atoms in total. The molecule has 0 atom stereocenters. The summed E-state index contributed by atoms with van der Waals surface area (Å²) in [6.45, 7) is 0. The molecule has 3 rings (SSSR count). The lowest BCUT2D eigenvalue weighted by molar-refractivity contribution is 0.399. The molecule has 0 saturated heterocycles. The number of benzene rings is 2. The Morgan fingerprint density at radius 3 is 2.58 bits per heavy atom. The summed E-state index contributed by atoms with van der Waals surface area (Å²) in [5, 5.41) is 30.8. The Hall–Kier alpha value is -1.97. The first-order chi connectivity index (χ1) is 11.5. The normalized spacial score (nSPS) is 11.2. The van der Waals surface area contributed by atoms with Crippen molar-refractivity contribution in [1.82, 2.24) is 14.9 Å². The fraction of sp³-hybridized carbons (Fsp3) is 0. The summed E-state index contributed by atoms with van der Waals surface area (Å²) in [6, 6.07) is 11.1. The lowest BCUT2D eigenvalue weighted by Gasteiger charge is -2.06. The zero-order valence-electron chi connectivity index (χ0n) is 11.9. The maximum Gasteiger partial charge on any atom is 0.216 e. The Morgan fingerprint density at radius 1 is 1.17 bits per heavy atom. The molecule has 0 radical (unpaired) electrons. The third-order valence-corrected chi connectivity index (χ3v) is 4.89. The molecular weight excluding hydrogens is 460 g/mol. The van der Waals surface area contributed by atoms with Gasteiger partial charge in [-0.25, -0.2) is 5.10 Å². The molecule has 0 saturated carbocycles. The predicted molar refractivity (Wildman–Crippen MR) is 101 cm³/mol. The van der Waals surface area contributed by atoms with E-state index in [-0.39, 0.29) is 11.5 Å². The molecule has 0 aliphatic carbocycles. The quantitative estimate of drug-likeness (QED) is 0.301. The Balaban J connectivity index is 2.06. The highest BCUT2D eigenvalue weighted by Gasteiger charge is 2.13. The number of aromatic hydroxyl groups is 2. The van der Waals surface area contributed by atoms with Gasteiger partial charge in [0.15, 0.2) is 17.3 Å². The summed E-state index contributed by atoms with van der Waals surface area (Å²) >= 11 is 11.6. The van der Waals surface area contributed by atoms with Crippen LogP contribution in [0.25, 0.3) is 11.4 Å². The second-order valence-electron chi connectivity index (χ2n) is 4.73. The molecule has 9 heteroatoms. The molecule has 0 fully saturated rings. The van der Waals surface area contributed by atoms with Gasteiger partial charge in [0.25, 0.3) is 0 Å². The Kier molecular flexibility index (Phi) is 4.83. The first kappa shape index (κ1) is 16.9. The molecule has 1 heterocycles. The molecule has 0 amide bonds. The van der Waals surface area contributed by atoms with E-state index in [2.05, 4.69) is 47.2 Å². The van der Waals surface area contributed by atoms with Crippen LogP contribution in [-0.4, -0.2) is 31.3 Å². The van der Waals surface area contributed by atoms with Crippen LogP contribution in [0.2, 0.25) is 0 Å². The molecule has 0 unspecified atom stereocenters. The standard InChI is InChI=1S/C15H10Br2N4O2S/c16-10-6-9(11(17)13(23)12(10)22)7-18-21-14(19-20-15(21)24)8-4-2-1-3-5-8/h1-7,22-23H,(H,20,24)/b18-7-. The second kappa shape index (κ2) is 6.88. The highest BCUT2D eigenvalue weighted by Crippen LogP contribution is 2.41. The van der Waals surface area contributed by atoms with E-state index >= 15 is 0 Å². The van der Waals surface area contributed by atoms with Crippen molar-refractivity contribution in [3.63, 3.8) is 0 Å². The summed E-state index contributed by atoms with van der Waals surface area (Å²) in [4.78, 5) is 0. The average molecular weight is 470 g/mol. The largest absolute Gasteiger partial charge is 0.503 e. The molecule has 3 N–H and O–H groups in total. The fourth-order valence-electron chi connectivity index (χ4n) is 2.01. The third kappa shape index (κ3) is 3.14. The summed E-state index contributed by atoms with van der Waals surface area (Å²) in [5.41, 5.74) is 1.41. The highest BCUT2D eigenvalue weighted by molar-refractivity contribution is 9.11. The first-order valence-electron chi connectivity index (χ1n) is 6.66. The highest BCUT2D eigenvalue weighted by atomic mass is 79.9. The molecule has 122 valence electrons. The summed E-state index contributed by atoms with van der Waals surface area (Å²) in [5.74, 6) is 0.0452. The van der Waals surface area contributed by atoms with Gasteiger partial charge >= 0.3 is 0 Å². The van der Waals surface area contributed by atoms with E-state index in [1.54, 1.807) is 6.07 Å². The number of hydrogen-bond acceptors (Lipinski definition) is 5. The van der Waals surface area contributed by atoms with Gasteiger partial charge in [-0.3, -0.25) is 0 Å². The number of phenolic OH excluding ortho intramolecular Hbond substituents is 2. The Labute approximate surface area is 158 Å². The molecule has 24 heavy (non-hydrogen) atoms. The summed E-state index contributed by atoms with van der Waals surface area (Å²) in [6.07, 6.45) is 1.51. The number of phenols is 2. The molecule has 0 spiro atoms. The number of rotatable bonds is 3. The van der Waals surface area contributed by atoms with Crippen LogP contribution in [-0.2, 0) is 0 Å². The monoisotopic (exact) mass is 468 g/mol. The smallest absolute Gasteiger partial charge is 0.216 e. The van der Waals surface area contributed by atoms with Crippen LogP contribution >= 0.6 is 44.1 Å². The predicted octanol–water partition coefficient (Wildman–Crippen LogP) is 4.43. The van der Waals surface area contributed by atoms with Gasteiger partial charge < -0.3 is 10.2 Å². The van der Waals surface area contributed by atoms with Gasteiger partial charge in [-0.05, 0) is 50.1 Å². The van der Waals surface area contributed by atoms with Gasteiger partial charge in [-0.2, -0.15) is 14.9 Å². The summed E-state index contributed by atoms with van der Waals surface area (Å²) < 4.78 is 2.49. The van der Waals surface area contributed by atoms with Crippen molar-refractivity contribution >= 4 is 50.3 Å². The minimum Gasteiger partial charge on any atom is -0.503 e.